The number of hydrogen-bond donors (Lipinski definition) is 0. The molecule has 3 rings (SSSR count). The molecule has 0 radical (unpaired) electrons. The molecule has 0 saturated carbocycles. The van der Waals surface area contributed by atoms with E-state index in [2.05, 4.69) is 0 Å². The summed E-state index contributed by atoms with van der Waals surface area (Å²) in [5, 5.41) is 0. The highest BCUT2D eigenvalue weighted by Crippen LogP contribution is 2.49. The van der Waals surface area contributed by atoms with E-state index in [1.165, 1.54) is 0 Å². The van der Waals surface area contributed by atoms with Gasteiger partial charge in [-0.25, -0.2) is 0 Å². The molecular formula is C13H10O3. The normalized spacial score (nSPS) is 11.8. The fourth-order valence-electron chi connectivity index (χ4n) is 1.68. The Hall–Kier alpha value is -2.16. The van der Waals surface area contributed by atoms with Crippen molar-refractivity contribution in [2.45, 2.75) is 0 Å². The van der Waals surface area contributed by atoms with E-state index in [9.17, 15) is 0 Å². The Morgan fingerprint density at radius 3 is 2.25 bits per heavy atom. The average Bonchev–Trinajstić information content (AvgIpc) is 2.35. The predicted molar refractivity (Wildman–Crippen MR) is 59.6 cm³/mol. The van der Waals surface area contributed by atoms with Crippen molar-refractivity contribution in [1.82, 2.24) is 0 Å². The van der Waals surface area contributed by atoms with Crippen LogP contribution in [0, 0.1) is 0 Å². The summed E-state index contributed by atoms with van der Waals surface area (Å²) in [6.45, 7) is 0. The van der Waals surface area contributed by atoms with Gasteiger partial charge in [-0.2, -0.15) is 0 Å². The fraction of sp³-hybridized carbons (Fsp3) is 0.0769. The molecule has 1 aliphatic rings. The van der Waals surface area contributed by atoms with Crippen LogP contribution >= 0.6 is 0 Å². The van der Waals surface area contributed by atoms with Crippen molar-refractivity contribution in [1.29, 1.82) is 0 Å². The van der Waals surface area contributed by atoms with Crippen molar-refractivity contribution in [2.75, 3.05) is 7.11 Å². The number of ether oxygens (including phenoxy) is 3. The second-order valence-electron chi connectivity index (χ2n) is 3.44. The molecule has 0 unspecified atom stereocenters. The van der Waals surface area contributed by atoms with Crippen LogP contribution in [-0.4, -0.2) is 7.11 Å². The minimum atomic E-state index is 0.628. The lowest BCUT2D eigenvalue weighted by molar-refractivity contribution is 0.328. The van der Waals surface area contributed by atoms with E-state index in [0.29, 0.717) is 23.0 Å². The molecule has 0 spiro atoms. The van der Waals surface area contributed by atoms with Gasteiger partial charge in [0.2, 0.25) is 5.75 Å². The van der Waals surface area contributed by atoms with E-state index in [1.54, 1.807) is 7.11 Å². The number of hydrogen-bond acceptors (Lipinski definition) is 3. The van der Waals surface area contributed by atoms with Gasteiger partial charge in [0.25, 0.3) is 0 Å². The maximum Gasteiger partial charge on any atom is 0.211 e. The van der Waals surface area contributed by atoms with Crippen molar-refractivity contribution in [3.05, 3.63) is 42.5 Å². The first kappa shape index (κ1) is 9.09. The summed E-state index contributed by atoms with van der Waals surface area (Å²) in [5.74, 6) is 3.41. The minimum Gasteiger partial charge on any atom is -0.493 e. The van der Waals surface area contributed by atoms with Crippen molar-refractivity contribution >= 4 is 0 Å². The van der Waals surface area contributed by atoms with Gasteiger partial charge >= 0.3 is 0 Å². The molecule has 0 saturated heterocycles. The lowest BCUT2D eigenvalue weighted by Gasteiger charge is -2.21. The van der Waals surface area contributed by atoms with Crippen LogP contribution in [0.2, 0.25) is 0 Å². The molecule has 0 aliphatic carbocycles. The van der Waals surface area contributed by atoms with E-state index in [-0.39, 0.29) is 0 Å². The molecule has 0 atom stereocenters. The molecule has 2 aromatic rings. The van der Waals surface area contributed by atoms with E-state index >= 15 is 0 Å². The van der Waals surface area contributed by atoms with E-state index < -0.39 is 0 Å². The van der Waals surface area contributed by atoms with Crippen molar-refractivity contribution in [3.8, 4) is 28.7 Å². The Morgan fingerprint density at radius 2 is 1.50 bits per heavy atom. The maximum absolute atomic E-state index is 5.75. The monoisotopic (exact) mass is 214 g/mol. The van der Waals surface area contributed by atoms with Crippen LogP contribution in [0.1, 0.15) is 0 Å². The third-order valence-corrected chi connectivity index (χ3v) is 2.44. The molecule has 0 amide bonds. The van der Waals surface area contributed by atoms with Gasteiger partial charge in [0.05, 0.1) is 7.11 Å². The summed E-state index contributed by atoms with van der Waals surface area (Å²) in [4.78, 5) is 0. The quantitative estimate of drug-likeness (QED) is 0.619. The van der Waals surface area contributed by atoms with Gasteiger partial charge in [0, 0.05) is 0 Å². The molecule has 3 heteroatoms. The minimum absolute atomic E-state index is 0.628. The average molecular weight is 214 g/mol. The summed E-state index contributed by atoms with van der Waals surface area (Å²) >= 11 is 0. The number of fused-ring (bicyclic) bond motifs is 2. The molecule has 0 aromatic heterocycles. The molecule has 3 nitrogen and oxygen atoms in total. The van der Waals surface area contributed by atoms with Gasteiger partial charge in [-0.15, -0.1) is 0 Å². The number of para-hydroxylation sites is 3. The molecule has 1 heterocycles. The van der Waals surface area contributed by atoms with Crippen molar-refractivity contribution < 1.29 is 14.2 Å². The topological polar surface area (TPSA) is 27.7 Å². The Labute approximate surface area is 93.2 Å². The molecule has 80 valence electrons. The number of methoxy groups -OCH3 is 1. The van der Waals surface area contributed by atoms with E-state index in [4.69, 9.17) is 14.2 Å². The zero-order valence-electron chi connectivity index (χ0n) is 8.77. The fourth-order valence-corrected chi connectivity index (χ4v) is 1.68. The first-order valence-corrected chi connectivity index (χ1v) is 5.00. The van der Waals surface area contributed by atoms with Gasteiger partial charge < -0.3 is 14.2 Å². The Kier molecular flexibility index (Phi) is 1.96. The standard InChI is InChI=1S/C13H10O3/c1-14-11-7-4-8-12-13(11)16-10-6-3-2-5-9(10)15-12/h2-8H,1H3. The third kappa shape index (κ3) is 1.29. The lowest BCUT2D eigenvalue weighted by atomic mass is 10.2. The van der Waals surface area contributed by atoms with Crippen LogP contribution < -0.4 is 14.2 Å². The summed E-state index contributed by atoms with van der Waals surface area (Å²) in [7, 11) is 1.61. The zero-order chi connectivity index (χ0) is 11.0. The van der Waals surface area contributed by atoms with Crippen LogP contribution in [0.4, 0.5) is 0 Å². The first-order valence-electron chi connectivity index (χ1n) is 5.00. The van der Waals surface area contributed by atoms with Gasteiger partial charge in [-0.05, 0) is 24.3 Å². The zero-order valence-corrected chi connectivity index (χ0v) is 8.77. The summed E-state index contributed by atoms with van der Waals surface area (Å²) in [6, 6.07) is 13.1. The Morgan fingerprint density at radius 1 is 0.812 bits per heavy atom. The Balaban J connectivity index is 2.12. The second kappa shape index (κ2) is 3.45. The summed E-state index contributed by atoms with van der Waals surface area (Å²) in [6.07, 6.45) is 0. The predicted octanol–water partition coefficient (Wildman–Crippen LogP) is 3.59. The SMILES string of the molecule is COc1cccc2c1Oc1ccccc1O2. The van der Waals surface area contributed by atoms with Gasteiger partial charge in [0.1, 0.15) is 0 Å². The molecule has 0 fully saturated rings. The third-order valence-electron chi connectivity index (χ3n) is 2.44. The van der Waals surface area contributed by atoms with Gasteiger partial charge in [0.15, 0.2) is 23.0 Å². The number of rotatable bonds is 1. The van der Waals surface area contributed by atoms with Crippen LogP contribution in [0.15, 0.2) is 42.5 Å². The van der Waals surface area contributed by atoms with Crippen LogP contribution in [0.3, 0.4) is 0 Å². The van der Waals surface area contributed by atoms with Crippen molar-refractivity contribution in [3.63, 3.8) is 0 Å². The van der Waals surface area contributed by atoms with Crippen LogP contribution in [0.25, 0.3) is 0 Å². The molecular weight excluding hydrogens is 204 g/mol. The van der Waals surface area contributed by atoms with Crippen LogP contribution in [0.5, 0.6) is 28.7 Å². The maximum atomic E-state index is 5.75. The molecule has 16 heavy (non-hydrogen) atoms. The molecule has 0 N–H and O–H groups in total. The molecule has 1 aliphatic heterocycles. The largest absolute Gasteiger partial charge is 0.493 e. The highest BCUT2D eigenvalue weighted by atomic mass is 16.6. The van der Waals surface area contributed by atoms with Gasteiger partial charge in [-0.1, -0.05) is 18.2 Å². The van der Waals surface area contributed by atoms with Crippen LogP contribution in [-0.2, 0) is 0 Å². The molecule has 2 aromatic carbocycles. The smallest absolute Gasteiger partial charge is 0.211 e. The van der Waals surface area contributed by atoms with Crippen molar-refractivity contribution in [2.24, 2.45) is 0 Å². The van der Waals surface area contributed by atoms with E-state index in [1.807, 2.05) is 42.5 Å². The number of benzene rings is 2. The first-order chi connectivity index (χ1) is 7.88. The Bertz CT molecular complexity index is 534. The lowest BCUT2D eigenvalue weighted by Crippen LogP contribution is -2.00. The highest BCUT2D eigenvalue weighted by molar-refractivity contribution is 5.59. The highest BCUT2D eigenvalue weighted by Gasteiger charge is 2.21. The molecule has 0 bridgehead atoms. The van der Waals surface area contributed by atoms with Gasteiger partial charge in [-0.3, -0.25) is 0 Å². The summed E-state index contributed by atoms with van der Waals surface area (Å²) in [5.41, 5.74) is 0. The second-order valence-corrected chi connectivity index (χ2v) is 3.44. The van der Waals surface area contributed by atoms with E-state index in [0.717, 1.165) is 5.75 Å². The summed E-state index contributed by atoms with van der Waals surface area (Å²) < 4.78 is 16.7.